The van der Waals surface area contributed by atoms with Crippen molar-refractivity contribution in [2.75, 3.05) is 25.4 Å². The summed E-state index contributed by atoms with van der Waals surface area (Å²) in [5, 5.41) is 9.12. The second kappa shape index (κ2) is 8.33. The molecule has 34 heavy (non-hydrogen) atoms. The molecule has 2 aliphatic rings. The standard InChI is InChI=1S/C22H22F5N5OS/c1-12-18(33-11-28-12)19-29-30-20(31(19)2)34-7-3-6-32-9-13-8-21(13,10-32)14-4-5-15(23)16(17(14)24)22(25,26)27/h4-5,11,13H,3,6-10H2,1-2H3. The number of aryl methyl sites for hydroxylation is 1. The van der Waals surface area contributed by atoms with Gasteiger partial charge in [-0.3, -0.25) is 0 Å². The van der Waals surface area contributed by atoms with E-state index in [2.05, 4.69) is 20.1 Å². The van der Waals surface area contributed by atoms with E-state index in [9.17, 15) is 22.0 Å². The molecule has 1 aliphatic heterocycles. The summed E-state index contributed by atoms with van der Waals surface area (Å²) in [6.07, 6.45) is -2.26. The van der Waals surface area contributed by atoms with Crippen LogP contribution in [0.1, 0.15) is 29.7 Å². The summed E-state index contributed by atoms with van der Waals surface area (Å²) < 4.78 is 75.1. The molecule has 3 heterocycles. The number of fused-ring (bicyclic) bond motifs is 1. The minimum atomic E-state index is -5.06. The Hall–Kier alpha value is -2.47. The minimum absolute atomic E-state index is 0.0163. The first kappa shape index (κ1) is 23.3. The quantitative estimate of drug-likeness (QED) is 0.264. The predicted octanol–water partition coefficient (Wildman–Crippen LogP) is 4.83. The van der Waals surface area contributed by atoms with Crippen LogP contribution in [0, 0.1) is 24.5 Å². The molecule has 1 saturated heterocycles. The number of thioether (sulfide) groups is 1. The van der Waals surface area contributed by atoms with Crippen LogP contribution in [0.15, 0.2) is 28.1 Å². The van der Waals surface area contributed by atoms with E-state index in [1.807, 2.05) is 18.5 Å². The van der Waals surface area contributed by atoms with Crippen LogP contribution in [-0.2, 0) is 18.6 Å². The molecule has 0 radical (unpaired) electrons. The average molecular weight is 500 g/mol. The van der Waals surface area contributed by atoms with Gasteiger partial charge in [0.2, 0.25) is 5.82 Å². The molecule has 3 aromatic rings. The van der Waals surface area contributed by atoms with Crippen molar-refractivity contribution in [2.24, 2.45) is 13.0 Å². The molecule has 2 aromatic heterocycles. The molecular weight excluding hydrogens is 477 g/mol. The van der Waals surface area contributed by atoms with Gasteiger partial charge in [0.15, 0.2) is 17.3 Å². The normalized spacial score (nSPS) is 22.4. The summed E-state index contributed by atoms with van der Waals surface area (Å²) in [7, 11) is 1.85. The maximum atomic E-state index is 14.7. The van der Waals surface area contributed by atoms with Gasteiger partial charge in [0.1, 0.15) is 17.2 Å². The molecule has 0 spiro atoms. The Morgan fingerprint density at radius 1 is 1.24 bits per heavy atom. The number of rotatable bonds is 7. The largest absolute Gasteiger partial charge is 0.440 e. The zero-order valence-corrected chi connectivity index (χ0v) is 19.3. The first-order valence-corrected chi connectivity index (χ1v) is 11.8. The Morgan fingerprint density at radius 2 is 2.03 bits per heavy atom. The molecular formula is C22H22F5N5OS. The molecule has 1 aromatic carbocycles. The van der Waals surface area contributed by atoms with Crippen LogP contribution in [0.3, 0.4) is 0 Å². The second-order valence-electron chi connectivity index (χ2n) is 8.91. The summed E-state index contributed by atoms with van der Waals surface area (Å²) >= 11 is 1.54. The zero-order valence-electron chi connectivity index (χ0n) is 18.5. The highest BCUT2D eigenvalue weighted by Crippen LogP contribution is 2.60. The van der Waals surface area contributed by atoms with Crippen LogP contribution in [0.4, 0.5) is 22.0 Å². The number of benzene rings is 1. The van der Waals surface area contributed by atoms with Gasteiger partial charge in [0.05, 0.1) is 5.69 Å². The van der Waals surface area contributed by atoms with Gasteiger partial charge in [-0.25, -0.2) is 13.8 Å². The van der Waals surface area contributed by atoms with Crippen molar-refractivity contribution in [2.45, 2.75) is 36.5 Å². The monoisotopic (exact) mass is 499 g/mol. The summed E-state index contributed by atoms with van der Waals surface area (Å²) in [5.41, 5.74) is -1.73. The van der Waals surface area contributed by atoms with Gasteiger partial charge in [-0.2, -0.15) is 13.2 Å². The Bertz CT molecular complexity index is 1220. The third kappa shape index (κ3) is 3.90. The molecule has 1 aliphatic carbocycles. The average Bonchev–Trinajstić information content (AvgIpc) is 3.06. The molecule has 2 fully saturated rings. The smallest absolute Gasteiger partial charge is 0.422 e. The van der Waals surface area contributed by atoms with E-state index >= 15 is 0 Å². The number of piperidine rings is 1. The SMILES string of the molecule is Cc1ncoc1-c1nnc(SCCCN2CC3CC3(c3ccc(F)c(C(F)(F)F)c3F)C2)n1C. The number of aromatic nitrogens is 4. The van der Waals surface area contributed by atoms with Crippen LogP contribution in [0.25, 0.3) is 11.6 Å². The second-order valence-corrected chi connectivity index (χ2v) is 9.97. The number of halogens is 5. The minimum Gasteiger partial charge on any atom is -0.440 e. The number of hydrogen-bond acceptors (Lipinski definition) is 6. The fourth-order valence-electron chi connectivity index (χ4n) is 4.98. The Kier molecular flexibility index (Phi) is 5.70. The van der Waals surface area contributed by atoms with Crippen LogP contribution in [0.2, 0.25) is 0 Å². The van der Waals surface area contributed by atoms with E-state index in [0.29, 0.717) is 31.1 Å². The molecule has 0 amide bonds. The van der Waals surface area contributed by atoms with E-state index < -0.39 is 28.8 Å². The number of hydrogen-bond donors (Lipinski definition) is 0. The van der Waals surface area contributed by atoms with Crippen molar-refractivity contribution in [3.05, 3.63) is 47.0 Å². The Morgan fingerprint density at radius 3 is 2.74 bits per heavy atom. The lowest BCUT2D eigenvalue weighted by molar-refractivity contribution is -0.142. The predicted molar refractivity (Wildman–Crippen MR) is 114 cm³/mol. The van der Waals surface area contributed by atoms with Crippen molar-refractivity contribution in [3.63, 3.8) is 0 Å². The maximum Gasteiger partial charge on any atom is 0.422 e. The van der Waals surface area contributed by atoms with Gasteiger partial charge >= 0.3 is 6.18 Å². The first-order chi connectivity index (χ1) is 16.1. The lowest BCUT2D eigenvalue weighted by atomic mass is 9.92. The van der Waals surface area contributed by atoms with Gasteiger partial charge in [0.25, 0.3) is 0 Å². The Labute approximate surface area is 196 Å². The first-order valence-electron chi connectivity index (χ1n) is 10.8. The van der Waals surface area contributed by atoms with Gasteiger partial charge in [-0.15, -0.1) is 10.2 Å². The highest BCUT2D eigenvalue weighted by Gasteiger charge is 2.62. The molecule has 0 N–H and O–H groups in total. The summed E-state index contributed by atoms with van der Waals surface area (Å²) in [5.74, 6) is -1.01. The summed E-state index contributed by atoms with van der Waals surface area (Å²) in [4.78, 5) is 6.21. The van der Waals surface area contributed by atoms with Crippen LogP contribution in [0.5, 0.6) is 0 Å². The Balaban J connectivity index is 1.18. The maximum absolute atomic E-state index is 14.7. The van der Waals surface area contributed by atoms with Crippen molar-refractivity contribution < 1.29 is 26.4 Å². The van der Waals surface area contributed by atoms with Crippen molar-refractivity contribution >= 4 is 11.8 Å². The molecule has 0 bridgehead atoms. The number of nitrogens with zero attached hydrogens (tertiary/aromatic N) is 5. The van der Waals surface area contributed by atoms with E-state index in [0.717, 1.165) is 35.6 Å². The third-order valence-electron chi connectivity index (χ3n) is 6.76. The van der Waals surface area contributed by atoms with Gasteiger partial charge in [-0.05, 0) is 43.9 Å². The van der Waals surface area contributed by atoms with Gasteiger partial charge < -0.3 is 13.9 Å². The highest BCUT2D eigenvalue weighted by molar-refractivity contribution is 7.99. The molecule has 182 valence electrons. The summed E-state index contributed by atoms with van der Waals surface area (Å²) in [6, 6.07) is 1.92. The molecule has 2 atom stereocenters. The van der Waals surface area contributed by atoms with Gasteiger partial charge in [-0.1, -0.05) is 17.8 Å². The molecule has 5 rings (SSSR count). The van der Waals surface area contributed by atoms with E-state index in [-0.39, 0.29) is 11.5 Å². The van der Waals surface area contributed by atoms with Crippen molar-refractivity contribution in [1.82, 2.24) is 24.6 Å². The lowest BCUT2D eigenvalue weighted by Crippen LogP contribution is -2.29. The molecule has 2 unspecified atom stereocenters. The number of alkyl halides is 3. The van der Waals surface area contributed by atoms with E-state index in [1.165, 1.54) is 12.5 Å². The fraction of sp³-hybridized carbons (Fsp3) is 0.500. The zero-order chi connectivity index (χ0) is 24.3. The van der Waals surface area contributed by atoms with Gasteiger partial charge in [0, 0.05) is 31.3 Å². The lowest BCUT2D eigenvalue weighted by Gasteiger charge is -2.22. The van der Waals surface area contributed by atoms with Crippen LogP contribution < -0.4 is 0 Å². The molecule has 6 nitrogen and oxygen atoms in total. The molecule has 1 saturated carbocycles. The molecule has 12 heteroatoms. The van der Waals surface area contributed by atoms with Crippen molar-refractivity contribution in [3.8, 4) is 11.6 Å². The number of likely N-dealkylation sites (tertiary alicyclic amines) is 1. The van der Waals surface area contributed by atoms with E-state index in [1.54, 1.807) is 11.8 Å². The number of oxazole rings is 1. The third-order valence-corrected chi connectivity index (χ3v) is 7.87. The van der Waals surface area contributed by atoms with Crippen LogP contribution >= 0.6 is 11.8 Å². The topological polar surface area (TPSA) is 60.0 Å². The summed E-state index contributed by atoms with van der Waals surface area (Å²) in [6.45, 7) is 3.73. The highest BCUT2D eigenvalue weighted by atomic mass is 32.2. The van der Waals surface area contributed by atoms with E-state index in [4.69, 9.17) is 4.42 Å². The fourth-order valence-corrected chi connectivity index (χ4v) is 5.81. The van der Waals surface area contributed by atoms with Crippen LogP contribution in [-0.4, -0.2) is 50.0 Å². The van der Waals surface area contributed by atoms with Crippen molar-refractivity contribution in [1.29, 1.82) is 0 Å².